The number of aliphatic carboxylic acids is 1. The molecule has 2 nitrogen and oxygen atoms in total. The van der Waals surface area contributed by atoms with Gasteiger partial charge in [-0.2, -0.15) is 0 Å². The van der Waals surface area contributed by atoms with Gasteiger partial charge in [-0.1, -0.05) is 29.8 Å². The highest BCUT2D eigenvalue weighted by Crippen LogP contribution is 2.65. The molecule has 3 heteroatoms. The summed E-state index contributed by atoms with van der Waals surface area (Å²) in [6, 6.07) is 7.97. The van der Waals surface area contributed by atoms with Crippen molar-refractivity contribution in [1.29, 1.82) is 0 Å². The van der Waals surface area contributed by atoms with E-state index in [2.05, 4.69) is 6.07 Å². The van der Waals surface area contributed by atoms with E-state index in [9.17, 15) is 9.90 Å². The summed E-state index contributed by atoms with van der Waals surface area (Å²) in [7, 11) is 0. The second-order valence-corrected chi connectivity index (χ2v) is 8.25. The van der Waals surface area contributed by atoms with E-state index in [1.165, 1.54) is 25.7 Å². The Morgan fingerprint density at radius 1 is 1.27 bits per heavy atom. The van der Waals surface area contributed by atoms with E-state index < -0.39 is 5.97 Å². The molecule has 3 saturated carbocycles. The fraction of sp³-hybridized carbons (Fsp3) is 0.632. The van der Waals surface area contributed by atoms with Gasteiger partial charge >= 0.3 is 5.97 Å². The highest BCUT2D eigenvalue weighted by atomic mass is 35.5. The minimum absolute atomic E-state index is 0.0762. The van der Waals surface area contributed by atoms with Crippen LogP contribution in [-0.4, -0.2) is 11.1 Å². The van der Waals surface area contributed by atoms with E-state index in [-0.39, 0.29) is 5.41 Å². The third-order valence-corrected chi connectivity index (χ3v) is 7.12. The van der Waals surface area contributed by atoms with Crippen LogP contribution in [0.1, 0.15) is 44.1 Å². The zero-order chi connectivity index (χ0) is 15.3. The monoisotopic (exact) mass is 318 g/mol. The SMILES string of the molecule is O=C(O)C[C@]1(Cc2ccccc2Cl)CCC2CC3CC2C1C3. The number of hydrogen-bond donors (Lipinski definition) is 1. The fourth-order valence-corrected chi connectivity index (χ4v) is 6.22. The lowest BCUT2D eigenvalue weighted by molar-refractivity contribution is -0.143. The van der Waals surface area contributed by atoms with Gasteiger partial charge in [0.2, 0.25) is 0 Å². The lowest BCUT2D eigenvalue weighted by Gasteiger charge is -2.50. The summed E-state index contributed by atoms with van der Waals surface area (Å²) in [6.07, 6.45) is 7.41. The van der Waals surface area contributed by atoms with Gasteiger partial charge in [-0.25, -0.2) is 0 Å². The van der Waals surface area contributed by atoms with Crippen molar-refractivity contribution in [3.63, 3.8) is 0 Å². The van der Waals surface area contributed by atoms with Crippen LogP contribution in [0.25, 0.3) is 0 Å². The molecular weight excluding hydrogens is 296 g/mol. The van der Waals surface area contributed by atoms with Crippen molar-refractivity contribution in [2.45, 2.75) is 44.9 Å². The first kappa shape index (κ1) is 14.6. The third kappa shape index (κ3) is 2.27. The van der Waals surface area contributed by atoms with Gasteiger partial charge in [0.15, 0.2) is 0 Å². The second-order valence-electron chi connectivity index (χ2n) is 7.84. The van der Waals surface area contributed by atoms with Gasteiger partial charge in [0.1, 0.15) is 0 Å². The van der Waals surface area contributed by atoms with E-state index in [0.717, 1.165) is 41.2 Å². The smallest absolute Gasteiger partial charge is 0.303 e. The number of benzene rings is 1. The molecule has 4 unspecified atom stereocenters. The van der Waals surface area contributed by atoms with E-state index in [1.807, 2.05) is 18.2 Å². The summed E-state index contributed by atoms with van der Waals surface area (Å²) in [4.78, 5) is 11.6. The number of hydrogen-bond acceptors (Lipinski definition) is 1. The zero-order valence-electron chi connectivity index (χ0n) is 12.8. The lowest BCUT2D eigenvalue weighted by atomic mass is 9.54. The van der Waals surface area contributed by atoms with Crippen molar-refractivity contribution in [2.24, 2.45) is 29.1 Å². The topological polar surface area (TPSA) is 37.3 Å². The maximum Gasteiger partial charge on any atom is 0.303 e. The maximum atomic E-state index is 11.6. The highest BCUT2D eigenvalue weighted by molar-refractivity contribution is 6.31. The number of rotatable bonds is 4. The van der Waals surface area contributed by atoms with Gasteiger partial charge in [-0.3, -0.25) is 4.79 Å². The maximum absolute atomic E-state index is 11.6. The van der Waals surface area contributed by atoms with Crippen molar-refractivity contribution < 1.29 is 9.90 Å². The van der Waals surface area contributed by atoms with E-state index in [0.29, 0.717) is 12.3 Å². The molecule has 5 atom stereocenters. The number of fused-ring (bicyclic) bond motifs is 1. The number of carboxylic acids is 1. The van der Waals surface area contributed by atoms with Crippen LogP contribution >= 0.6 is 11.6 Å². The van der Waals surface area contributed by atoms with Crippen molar-refractivity contribution in [3.8, 4) is 0 Å². The van der Waals surface area contributed by atoms with Crippen molar-refractivity contribution in [2.75, 3.05) is 0 Å². The van der Waals surface area contributed by atoms with Crippen LogP contribution in [0.15, 0.2) is 24.3 Å². The molecule has 1 N–H and O–H groups in total. The average Bonchev–Trinajstić information content (AvgIpc) is 3.06. The average molecular weight is 319 g/mol. The zero-order valence-corrected chi connectivity index (χ0v) is 13.6. The van der Waals surface area contributed by atoms with E-state index in [1.54, 1.807) is 0 Å². The summed E-state index contributed by atoms with van der Waals surface area (Å²) >= 11 is 6.37. The molecule has 0 heterocycles. The molecule has 0 aliphatic heterocycles. The molecule has 3 aliphatic carbocycles. The summed E-state index contributed by atoms with van der Waals surface area (Å²) in [5.41, 5.74) is 1.05. The molecule has 2 bridgehead atoms. The molecule has 0 aromatic heterocycles. The van der Waals surface area contributed by atoms with Crippen LogP contribution < -0.4 is 0 Å². The third-order valence-electron chi connectivity index (χ3n) is 6.75. The number of halogens is 1. The molecule has 0 radical (unpaired) electrons. The minimum Gasteiger partial charge on any atom is -0.481 e. The second kappa shape index (κ2) is 5.26. The first-order valence-corrected chi connectivity index (χ1v) is 8.90. The van der Waals surface area contributed by atoms with Gasteiger partial charge < -0.3 is 5.11 Å². The molecular formula is C19H23ClO2. The Bertz CT molecular complexity index is 599. The van der Waals surface area contributed by atoms with Crippen LogP contribution in [0, 0.1) is 29.1 Å². The number of carboxylic acid groups (broad SMARTS) is 1. The fourth-order valence-electron chi connectivity index (χ4n) is 6.01. The summed E-state index contributed by atoms with van der Waals surface area (Å²) in [6.45, 7) is 0. The molecule has 4 rings (SSSR count). The Balaban J connectivity index is 1.68. The van der Waals surface area contributed by atoms with Crippen LogP contribution in [-0.2, 0) is 11.2 Å². The summed E-state index contributed by atoms with van der Waals surface area (Å²) in [5, 5.41) is 10.3. The standard InChI is InChI=1S/C19H23ClO2/c20-17-4-2-1-3-14(17)10-19(11-18(21)22)6-5-13-7-12-8-15(13)16(19)9-12/h1-4,12-13,15-16H,5-11H2,(H,21,22)/t12?,13?,15?,16?,19-/m1/s1. The molecule has 0 spiro atoms. The quantitative estimate of drug-likeness (QED) is 0.865. The van der Waals surface area contributed by atoms with Crippen LogP contribution in [0.3, 0.4) is 0 Å². The molecule has 0 saturated heterocycles. The van der Waals surface area contributed by atoms with Crippen LogP contribution in [0.5, 0.6) is 0 Å². The minimum atomic E-state index is -0.645. The molecule has 118 valence electrons. The predicted octanol–water partition coefficient (Wildman–Crippen LogP) is 4.80. The van der Waals surface area contributed by atoms with Crippen molar-refractivity contribution >= 4 is 17.6 Å². The molecule has 0 amide bonds. The van der Waals surface area contributed by atoms with Crippen LogP contribution in [0.2, 0.25) is 5.02 Å². The highest BCUT2D eigenvalue weighted by Gasteiger charge is 2.57. The first-order chi connectivity index (χ1) is 10.6. The van der Waals surface area contributed by atoms with Crippen molar-refractivity contribution in [1.82, 2.24) is 0 Å². The van der Waals surface area contributed by atoms with Gasteiger partial charge in [0, 0.05) is 5.02 Å². The predicted molar refractivity (Wildman–Crippen MR) is 86.9 cm³/mol. The van der Waals surface area contributed by atoms with E-state index >= 15 is 0 Å². The van der Waals surface area contributed by atoms with Gasteiger partial charge in [-0.05, 0) is 79.2 Å². The largest absolute Gasteiger partial charge is 0.481 e. The molecule has 3 fully saturated rings. The Morgan fingerprint density at radius 3 is 2.82 bits per heavy atom. The Kier molecular flexibility index (Phi) is 3.48. The summed E-state index contributed by atoms with van der Waals surface area (Å²) < 4.78 is 0. The first-order valence-electron chi connectivity index (χ1n) is 8.52. The Labute approximate surface area is 136 Å². The Hall–Kier alpha value is -1.02. The van der Waals surface area contributed by atoms with Crippen LogP contribution in [0.4, 0.5) is 0 Å². The normalized spacial score (nSPS) is 39.1. The lowest BCUT2D eigenvalue weighted by Crippen LogP contribution is -2.44. The molecule has 3 aliphatic rings. The summed E-state index contributed by atoms with van der Waals surface area (Å²) in [5.74, 6) is 2.46. The molecule has 22 heavy (non-hydrogen) atoms. The Morgan fingerprint density at radius 2 is 2.09 bits per heavy atom. The van der Waals surface area contributed by atoms with Gasteiger partial charge in [-0.15, -0.1) is 0 Å². The van der Waals surface area contributed by atoms with Gasteiger partial charge in [0.25, 0.3) is 0 Å². The molecule has 1 aromatic carbocycles. The van der Waals surface area contributed by atoms with E-state index in [4.69, 9.17) is 11.6 Å². The van der Waals surface area contributed by atoms with Crippen molar-refractivity contribution in [3.05, 3.63) is 34.9 Å². The van der Waals surface area contributed by atoms with Gasteiger partial charge in [0.05, 0.1) is 6.42 Å². The number of carbonyl (C=O) groups is 1. The molecule has 1 aromatic rings.